The maximum absolute atomic E-state index is 5.33. The molecule has 1 N–H and O–H groups in total. The molecule has 106 valence electrons. The fourth-order valence-corrected chi connectivity index (χ4v) is 2.79. The fourth-order valence-electron chi connectivity index (χ4n) is 2.50. The number of fused-ring (bicyclic) bond motifs is 1. The lowest BCUT2D eigenvalue weighted by molar-refractivity contribution is 0.415. The van der Waals surface area contributed by atoms with Crippen molar-refractivity contribution < 1.29 is 4.74 Å². The molecule has 21 heavy (non-hydrogen) atoms. The quantitative estimate of drug-likeness (QED) is 0.736. The number of ether oxygens (including phenoxy) is 1. The van der Waals surface area contributed by atoms with E-state index in [9.17, 15) is 0 Å². The summed E-state index contributed by atoms with van der Waals surface area (Å²) in [5, 5.41) is 2.37. The minimum atomic E-state index is 0.624. The monoisotopic (exact) mass is 296 g/mol. The fraction of sp³-hybridized carbons (Fsp3) is 0.176. The highest BCUT2D eigenvalue weighted by Crippen LogP contribution is 2.25. The van der Waals surface area contributed by atoms with Crippen LogP contribution in [0.3, 0.4) is 0 Å². The van der Waals surface area contributed by atoms with Crippen molar-refractivity contribution in [2.75, 3.05) is 7.11 Å². The number of hydrogen-bond acceptors (Lipinski definition) is 3. The second-order valence-corrected chi connectivity index (χ2v) is 5.45. The van der Waals surface area contributed by atoms with E-state index in [2.05, 4.69) is 40.3 Å². The summed E-state index contributed by atoms with van der Waals surface area (Å²) in [6.07, 6.45) is 0.718. The van der Waals surface area contributed by atoms with Gasteiger partial charge in [-0.15, -0.1) is 0 Å². The number of nitrogens with zero attached hydrogens (tertiary/aromatic N) is 1. The van der Waals surface area contributed by atoms with E-state index in [1.165, 1.54) is 16.3 Å². The number of H-pyrrole nitrogens is 1. The normalized spacial score (nSPS) is 10.8. The minimum Gasteiger partial charge on any atom is -0.497 e. The lowest BCUT2D eigenvalue weighted by atomic mass is 10.0. The summed E-state index contributed by atoms with van der Waals surface area (Å²) in [6.45, 7) is 1.99. The van der Waals surface area contributed by atoms with Gasteiger partial charge in [-0.2, -0.15) is 0 Å². The largest absolute Gasteiger partial charge is 0.497 e. The Morgan fingerprint density at radius 3 is 2.81 bits per heavy atom. The van der Waals surface area contributed by atoms with Crippen molar-refractivity contribution in [3.63, 3.8) is 0 Å². The Kier molecular flexibility index (Phi) is 3.71. The number of benzene rings is 2. The Morgan fingerprint density at radius 1 is 1.19 bits per heavy atom. The number of hydrogen-bond donors (Lipinski definition) is 1. The molecule has 4 heteroatoms. The van der Waals surface area contributed by atoms with Gasteiger partial charge in [-0.3, -0.25) is 0 Å². The number of rotatable bonds is 3. The van der Waals surface area contributed by atoms with Crippen molar-refractivity contribution in [2.45, 2.75) is 13.3 Å². The molecule has 1 heterocycles. The van der Waals surface area contributed by atoms with Gasteiger partial charge in [0, 0.05) is 12.1 Å². The Hall–Kier alpha value is -2.20. The van der Waals surface area contributed by atoms with E-state index in [1.807, 2.05) is 19.1 Å². The minimum absolute atomic E-state index is 0.624. The van der Waals surface area contributed by atoms with Gasteiger partial charge in [0.2, 0.25) is 0 Å². The second kappa shape index (κ2) is 5.66. The first kappa shape index (κ1) is 13.8. The average Bonchev–Trinajstić information content (AvgIpc) is 2.46. The van der Waals surface area contributed by atoms with Crippen molar-refractivity contribution in [2.24, 2.45) is 0 Å². The van der Waals surface area contributed by atoms with Crippen molar-refractivity contribution in [3.05, 3.63) is 64.2 Å². The van der Waals surface area contributed by atoms with Crippen molar-refractivity contribution in [3.8, 4) is 5.75 Å². The maximum Gasteiger partial charge on any atom is 0.129 e. The molecule has 1 aromatic heterocycles. The summed E-state index contributed by atoms with van der Waals surface area (Å²) in [4.78, 5) is 7.69. The molecule has 0 aliphatic carbocycles. The van der Waals surface area contributed by atoms with Gasteiger partial charge in [0.15, 0.2) is 0 Å². The van der Waals surface area contributed by atoms with Gasteiger partial charge >= 0.3 is 0 Å². The van der Waals surface area contributed by atoms with E-state index in [1.54, 1.807) is 7.11 Å². The predicted molar refractivity (Wildman–Crippen MR) is 87.5 cm³/mol. The summed E-state index contributed by atoms with van der Waals surface area (Å²) in [7, 11) is 1.68. The number of nitrogens with one attached hydrogen (secondary N) is 1. The van der Waals surface area contributed by atoms with Gasteiger partial charge in [-0.25, -0.2) is 4.98 Å². The molecular formula is C17H16N2OS. The summed E-state index contributed by atoms with van der Waals surface area (Å²) in [6, 6.07) is 14.3. The number of aryl methyl sites for hydroxylation is 1. The van der Waals surface area contributed by atoms with Crippen LogP contribution < -0.4 is 4.74 Å². The van der Waals surface area contributed by atoms with Crippen LogP contribution in [0.5, 0.6) is 5.75 Å². The molecular weight excluding hydrogens is 280 g/mol. The smallest absolute Gasteiger partial charge is 0.129 e. The average molecular weight is 296 g/mol. The SMILES string of the molecule is COc1ccc2cccc(Cc3nc(=S)cc(C)[nH]3)c2c1. The third-order valence-electron chi connectivity index (χ3n) is 3.46. The summed E-state index contributed by atoms with van der Waals surface area (Å²) in [5.74, 6) is 1.75. The first-order valence-corrected chi connectivity index (χ1v) is 7.19. The van der Waals surface area contributed by atoms with Crippen LogP contribution in [0.15, 0.2) is 42.5 Å². The Bertz CT molecular complexity index is 855. The molecule has 0 bridgehead atoms. The third-order valence-corrected chi connectivity index (χ3v) is 3.67. The Balaban J connectivity index is 2.09. The molecule has 0 amide bonds. The molecule has 0 fully saturated rings. The highest BCUT2D eigenvalue weighted by Gasteiger charge is 2.05. The van der Waals surface area contributed by atoms with Crippen molar-refractivity contribution >= 4 is 23.0 Å². The van der Waals surface area contributed by atoms with Crippen LogP contribution in [0, 0.1) is 11.6 Å². The van der Waals surface area contributed by atoms with Gasteiger partial charge in [0.1, 0.15) is 16.2 Å². The van der Waals surface area contributed by atoms with Crippen LogP contribution in [0.1, 0.15) is 17.1 Å². The molecule has 3 rings (SSSR count). The maximum atomic E-state index is 5.33. The van der Waals surface area contributed by atoms with Gasteiger partial charge in [-0.05, 0) is 41.5 Å². The molecule has 0 aliphatic rings. The van der Waals surface area contributed by atoms with E-state index >= 15 is 0 Å². The highest BCUT2D eigenvalue weighted by atomic mass is 32.1. The van der Waals surface area contributed by atoms with Crippen molar-refractivity contribution in [1.29, 1.82) is 0 Å². The van der Waals surface area contributed by atoms with Gasteiger partial charge < -0.3 is 9.72 Å². The summed E-state index contributed by atoms with van der Waals surface area (Å²) >= 11 is 5.19. The van der Waals surface area contributed by atoms with Gasteiger partial charge in [0.05, 0.1) is 7.11 Å². The molecule has 0 aliphatic heterocycles. The topological polar surface area (TPSA) is 37.9 Å². The molecule has 0 radical (unpaired) electrons. The molecule has 0 spiro atoms. The van der Waals surface area contributed by atoms with E-state index in [-0.39, 0.29) is 0 Å². The Labute approximate surface area is 128 Å². The Morgan fingerprint density at radius 2 is 2.05 bits per heavy atom. The standard InChI is InChI=1S/C17H16N2OS/c1-11-8-17(21)19-16(18-11)9-13-5-3-4-12-6-7-14(20-2)10-15(12)13/h3-8,10H,9H2,1-2H3,(H,18,19,21). The number of aromatic nitrogens is 2. The van der Waals surface area contributed by atoms with Gasteiger partial charge in [-0.1, -0.05) is 36.5 Å². The molecule has 0 atom stereocenters. The van der Waals surface area contributed by atoms with Crippen LogP contribution in [0.2, 0.25) is 0 Å². The van der Waals surface area contributed by atoms with Gasteiger partial charge in [0.25, 0.3) is 0 Å². The van der Waals surface area contributed by atoms with E-state index in [0.717, 1.165) is 23.7 Å². The van der Waals surface area contributed by atoms with E-state index in [0.29, 0.717) is 4.64 Å². The predicted octanol–water partition coefficient (Wildman–Crippen LogP) is 4.20. The van der Waals surface area contributed by atoms with E-state index < -0.39 is 0 Å². The lowest BCUT2D eigenvalue weighted by Gasteiger charge is -2.09. The first-order valence-electron chi connectivity index (χ1n) is 6.78. The van der Waals surface area contributed by atoms with Crippen LogP contribution in [-0.4, -0.2) is 17.1 Å². The first-order chi connectivity index (χ1) is 10.2. The third kappa shape index (κ3) is 2.95. The zero-order valence-corrected chi connectivity index (χ0v) is 12.8. The molecule has 2 aromatic carbocycles. The zero-order valence-electron chi connectivity index (χ0n) is 12.0. The molecule has 0 unspecified atom stereocenters. The summed E-state index contributed by atoms with van der Waals surface area (Å²) in [5.41, 5.74) is 2.23. The van der Waals surface area contributed by atoms with Crippen LogP contribution in [-0.2, 0) is 6.42 Å². The van der Waals surface area contributed by atoms with E-state index in [4.69, 9.17) is 17.0 Å². The molecule has 0 saturated carbocycles. The van der Waals surface area contributed by atoms with Crippen LogP contribution in [0.25, 0.3) is 10.8 Å². The molecule has 3 aromatic rings. The van der Waals surface area contributed by atoms with Crippen LogP contribution >= 0.6 is 12.2 Å². The molecule has 3 nitrogen and oxygen atoms in total. The van der Waals surface area contributed by atoms with Crippen molar-refractivity contribution in [1.82, 2.24) is 9.97 Å². The highest BCUT2D eigenvalue weighted by molar-refractivity contribution is 7.71. The van der Waals surface area contributed by atoms with Crippen LogP contribution in [0.4, 0.5) is 0 Å². The summed E-state index contributed by atoms with van der Waals surface area (Å²) < 4.78 is 5.95. The molecule has 0 saturated heterocycles. The number of aromatic amines is 1. The number of methoxy groups -OCH3 is 1. The zero-order chi connectivity index (χ0) is 14.8. The lowest BCUT2D eigenvalue weighted by Crippen LogP contribution is -1.99. The second-order valence-electron chi connectivity index (χ2n) is 5.03.